The Hall–Kier alpha value is -3.64. The Morgan fingerprint density at radius 2 is 1.79 bits per heavy atom. The van der Waals surface area contributed by atoms with E-state index in [9.17, 15) is 9.59 Å². The highest BCUT2D eigenvalue weighted by molar-refractivity contribution is 6.31. The molecule has 0 unspecified atom stereocenters. The number of pyridine rings is 1. The lowest BCUT2D eigenvalue weighted by molar-refractivity contribution is -0.111. The smallest absolute Gasteiger partial charge is 0.257 e. The molecule has 1 aromatic heterocycles. The summed E-state index contributed by atoms with van der Waals surface area (Å²) in [5, 5.41) is 6.21. The third-order valence-electron chi connectivity index (χ3n) is 4.20. The molecule has 0 spiro atoms. The van der Waals surface area contributed by atoms with Gasteiger partial charge in [0.05, 0.1) is 16.8 Å². The van der Waals surface area contributed by atoms with E-state index in [-0.39, 0.29) is 17.0 Å². The summed E-state index contributed by atoms with van der Waals surface area (Å²) in [6, 6.07) is 17.8. The minimum Gasteiger partial charge on any atom is -0.393 e. The van der Waals surface area contributed by atoms with Crippen molar-refractivity contribution in [1.29, 1.82) is 0 Å². The van der Waals surface area contributed by atoms with Gasteiger partial charge in [-0.1, -0.05) is 41.9 Å². The van der Waals surface area contributed by atoms with E-state index >= 15 is 0 Å². The number of anilines is 2. The van der Waals surface area contributed by atoms with Crippen LogP contribution in [-0.4, -0.2) is 24.2 Å². The number of aldehydes is 1. The number of nitrogen functional groups attached to an aromatic ring is 1. The summed E-state index contributed by atoms with van der Waals surface area (Å²) in [5.74, 6) is -0.355. The number of nitrogens with one attached hydrogen (secondary N) is 2. The highest BCUT2D eigenvalue weighted by atomic mass is 35.5. The van der Waals surface area contributed by atoms with Gasteiger partial charge < -0.3 is 16.4 Å². The van der Waals surface area contributed by atoms with Gasteiger partial charge in [0, 0.05) is 35.1 Å². The van der Waals surface area contributed by atoms with Crippen LogP contribution in [0.1, 0.15) is 15.9 Å². The monoisotopic (exact) mass is 406 g/mol. The van der Waals surface area contributed by atoms with Crippen LogP contribution in [-0.2, 0) is 4.79 Å². The molecule has 29 heavy (non-hydrogen) atoms. The molecule has 146 valence electrons. The van der Waals surface area contributed by atoms with Gasteiger partial charge in [0.15, 0.2) is 6.29 Å². The fourth-order valence-corrected chi connectivity index (χ4v) is 2.95. The van der Waals surface area contributed by atoms with Crippen molar-refractivity contribution in [3.8, 4) is 11.3 Å². The van der Waals surface area contributed by atoms with Gasteiger partial charge in [0.1, 0.15) is 5.82 Å². The van der Waals surface area contributed by atoms with Crippen molar-refractivity contribution < 1.29 is 9.59 Å². The molecule has 7 heteroatoms. The quantitative estimate of drug-likeness (QED) is 0.424. The van der Waals surface area contributed by atoms with Crippen LogP contribution in [0.2, 0.25) is 5.02 Å². The minimum absolute atomic E-state index is 0.0534. The summed E-state index contributed by atoms with van der Waals surface area (Å²) < 4.78 is 0. The molecular weight excluding hydrogens is 388 g/mol. The number of carbonyl (C=O) groups excluding carboxylic acids is 2. The van der Waals surface area contributed by atoms with Gasteiger partial charge in [-0.15, -0.1) is 0 Å². The van der Waals surface area contributed by atoms with E-state index in [2.05, 4.69) is 15.6 Å². The summed E-state index contributed by atoms with van der Waals surface area (Å²) in [6.07, 6.45) is 2.12. The van der Waals surface area contributed by atoms with Crippen LogP contribution >= 0.6 is 11.6 Å². The molecule has 1 amide bonds. The second-order valence-electron chi connectivity index (χ2n) is 6.15. The summed E-state index contributed by atoms with van der Waals surface area (Å²) in [5.41, 5.74) is 8.76. The van der Waals surface area contributed by atoms with Gasteiger partial charge in [0.25, 0.3) is 5.91 Å². The lowest BCUT2D eigenvalue weighted by atomic mass is 9.98. The molecule has 1 heterocycles. The lowest BCUT2D eigenvalue weighted by Gasteiger charge is -2.14. The van der Waals surface area contributed by atoms with Crippen molar-refractivity contribution in [3.05, 3.63) is 83.0 Å². The molecule has 2 aromatic carbocycles. The summed E-state index contributed by atoms with van der Waals surface area (Å²) in [7, 11) is 1.67. The number of carbonyl (C=O) groups is 2. The molecule has 4 N–H and O–H groups in total. The third-order valence-corrected chi connectivity index (χ3v) is 4.45. The number of halogens is 1. The molecule has 0 aliphatic carbocycles. The van der Waals surface area contributed by atoms with E-state index in [0.29, 0.717) is 28.3 Å². The molecule has 0 atom stereocenters. The van der Waals surface area contributed by atoms with Crippen LogP contribution in [0.25, 0.3) is 16.8 Å². The predicted octanol–water partition coefficient (Wildman–Crippen LogP) is 4.00. The number of hydrogen-bond donors (Lipinski definition) is 3. The van der Waals surface area contributed by atoms with E-state index < -0.39 is 5.91 Å². The summed E-state index contributed by atoms with van der Waals surface area (Å²) in [6.45, 7) is 0. The fourth-order valence-electron chi connectivity index (χ4n) is 2.82. The zero-order chi connectivity index (χ0) is 20.8. The molecule has 0 saturated heterocycles. The van der Waals surface area contributed by atoms with Gasteiger partial charge in [-0.05, 0) is 30.3 Å². The van der Waals surface area contributed by atoms with Gasteiger partial charge in [-0.25, -0.2) is 4.98 Å². The first kappa shape index (κ1) is 20.1. The maximum atomic E-state index is 13.0. The Balaban J connectivity index is 2.07. The van der Waals surface area contributed by atoms with E-state index in [1.54, 1.807) is 37.4 Å². The molecule has 0 aliphatic rings. The number of nitrogens with two attached hydrogens (primary N) is 1. The maximum Gasteiger partial charge on any atom is 0.257 e. The Labute approximate surface area is 173 Å². The summed E-state index contributed by atoms with van der Waals surface area (Å²) >= 11 is 5.90. The number of amides is 1. The van der Waals surface area contributed by atoms with Crippen molar-refractivity contribution in [2.45, 2.75) is 0 Å². The van der Waals surface area contributed by atoms with E-state index in [1.165, 1.54) is 6.20 Å². The zero-order valence-electron chi connectivity index (χ0n) is 15.6. The first-order valence-corrected chi connectivity index (χ1v) is 9.17. The maximum absolute atomic E-state index is 13.0. The SMILES string of the molecule is CN/C=C(/C(=O)Nc1ccc(Cl)cc1)c1cc(-c2ccccc2)nc(N)c1C=O. The Morgan fingerprint density at radius 1 is 1.10 bits per heavy atom. The van der Waals surface area contributed by atoms with Gasteiger partial charge in [-0.3, -0.25) is 9.59 Å². The Morgan fingerprint density at radius 3 is 2.41 bits per heavy atom. The molecule has 3 rings (SSSR count). The minimum atomic E-state index is -0.408. The molecule has 6 nitrogen and oxygen atoms in total. The molecule has 0 aliphatic heterocycles. The average Bonchev–Trinajstić information content (AvgIpc) is 2.73. The van der Waals surface area contributed by atoms with E-state index in [0.717, 1.165) is 5.56 Å². The van der Waals surface area contributed by atoms with Crippen molar-refractivity contribution in [1.82, 2.24) is 10.3 Å². The highest BCUT2D eigenvalue weighted by Gasteiger charge is 2.20. The van der Waals surface area contributed by atoms with Gasteiger partial charge in [0.2, 0.25) is 0 Å². The predicted molar refractivity (Wildman–Crippen MR) is 117 cm³/mol. The van der Waals surface area contributed by atoms with E-state index in [4.69, 9.17) is 17.3 Å². The topological polar surface area (TPSA) is 97.1 Å². The number of hydrogen-bond acceptors (Lipinski definition) is 5. The van der Waals surface area contributed by atoms with E-state index in [1.807, 2.05) is 30.3 Å². The Kier molecular flexibility index (Phi) is 6.26. The highest BCUT2D eigenvalue weighted by Crippen LogP contribution is 2.28. The number of benzene rings is 2. The zero-order valence-corrected chi connectivity index (χ0v) is 16.4. The molecule has 0 radical (unpaired) electrons. The summed E-state index contributed by atoms with van der Waals surface area (Å²) in [4.78, 5) is 29.0. The number of aromatic nitrogens is 1. The first-order valence-electron chi connectivity index (χ1n) is 8.79. The lowest BCUT2D eigenvalue weighted by Crippen LogP contribution is -2.17. The van der Waals surface area contributed by atoms with Crippen molar-refractivity contribution in [2.24, 2.45) is 0 Å². The van der Waals surface area contributed by atoms with Crippen LogP contribution in [0.5, 0.6) is 0 Å². The first-order chi connectivity index (χ1) is 14.0. The molecular formula is C22H19ClN4O2. The van der Waals surface area contributed by atoms with Crippen LogP contribution in [0.3, 0.4) is 0 Å². The molecule has 0 bridgehead atoms. The van der Waals surface area contributed by atoms with Crippen molar-refractivity contribution in [3.63, 3.8) is 0 Å². The van der Waals surface area contributed by atoms with Crippen LogP contribution in [0, 0.1) is 0 Å². The van der Waals surface area contributed by atoms with Crippen molar-refractivity contribution in [2.75, 3.05) is 18.1 Å². The second-order valence-corrected chi connectivity index (χ2v) is 6.58. The second kappa shape index (κ2) is 9.03. The standard InChI is InChI=1S/C22H19ClN4O2/c1-25-12-18(22(29)26-16-9-7-15(23)8-10-16)17-11-20(14-5-3-2-4-6-14)27-21(24)19(17)13-28/h2-13,25H,1H3,(H2,24,27)(H,26,29)/b18-12+. The largest absolute Gasteiger partial charge is 0.393 e. The van der Waals surface area contributed by atoms with Crippen LogP contribution in [0.15, 0.2) is 66.9 Å². The van der Waals surface area contributed by atoms with Crippen LogP contribution < -0.4 is 16.4 Å². The number of rotatable bonds is 6. The number of nitrogens with zero attached hydrogens (tertiary/aromatic N) is 1. The van der Waals surface area contributed by atoms with Crippen LogP contribution in [0.4, 0.5) is 11.5 Å². The fraction of sp³-hybridized carbons (Fsp3) is 0.0455. The van der Waals surface area contributed by atoms with Gasteiger partial charge in [-0.2, -0.15) is 0 Å². The molecule has 0 saturated carbocycles. The molecule has 0 fully saturated rings. The Bertz CT molecular complexity index is 1060. The molecule has 3 aromatic rings. The van der Waals surface area contributed by atoms with Gasteiger partial charge >= 0.3 is 0 Å². The normalized spacial score (nSPS) is 11.0. The average molecular weight is 407 g/mol. The van der Waals surface area contributed by atoms with Crippen molar-refractivity contribution >= 4 is 40.9 Å². The third kappa shape index (κ3) is 4.62.